The molecule has 1 aliphatic heterocycles. The van der Waals surface area contributed by atoms with E-state index in [2.05, 4.69) is 29.2 Å². The molecule has 0 saturated carbocycles. The number of amides is 1. The van der Waals surface area contributed by atoms with Gasteiger partial charge in [-0.2, -0.15) is 5.10 Å². The highest BCUT2D eigenvalue weighted by atomic mass is 35.5. The summed E-state index contributed by atoms with van der Waals surface area (Å²) in [7, 11) is 0. The number of nitrogens with one attached hydrogen (secondary N) is 1. The van der Waals surface area contributed by atoms with Crippen LogP contribution in [-0.4, -0.2) is 62.1 Å². The van der Waals surface area contributed by atoms with Crippen LogP contribution in [0, 0.1) is 0 Å². The first-order valence-corrected chi connectivity index (χ1v) is 11.8. The van der Waals surface area contributed by atoms with Gasteiger partial charge in [-0.3, -0.25) is 14.2 Å². The molecular formula is C21H25ClN6O2S. The Labute approximate surface area is 189 Å². The predicted molar refractivity (Wildman–Crippen MR) is 123 cm³/mol. The Hall–Kier alpha value is -2.36. The van der Waals surface area contributed by atoms with E-state index in [-0.39, 0.29) is 23.9 Å². The molecule has 1 aliphatic rings. The van der Waals surface area contributed by atoms with E-state index >= 15 is 0 Å². The first-order chi connectivity index (χ1) is 15.0. The predicted octanol–water partition coefficient (Wildman–Crippen LogP) is 2.73. The van der Waals surface area contributed by atoms with Gasteiger partial charge in [-0.05, 0) is 31.3 Å². The summed E-state index contributed by atoms with van der Waals surface area (Å²) in [6, 6.07) is 7.04. The molecule has 0 bridgehead atoms. The van der Waals surface area contributed by atoms with Crippen LogP contribution in [0.3, 0.4) is 0 Å². The van der Waals surface area contributed by atoms with Gasteiger partial charge in [0.15, 0.2) is 10.8 Å². The van der Waals surface area contributed by atoms with E-state index in [0.717, 1.165) is 25.3 Å². The zero-order valence-corrected chi connectivity index (χ0v) is 19.1. The van der Waals surface area contributed by atoms with Crippen molar-refractivity contribution in [1.82, 2.24) is 29.5 Å². The minimum Gasteiger partial charge on any atom is -0.355 e. The van der Waals surface area contributed by atoms with Gasteiger partial charge < -0.3 is 10.2 Å². The molecule has 1 amide bonds. The van der Waals surface area contributed by atoms with Crippen molar-refractivity contribution in [2.45, 2.75) is 31.5 Å². The molecule has 1 aromatic carbocycles. The standard InChI is InChI=1S/C21H25ClN6O2S/c1-3-26(4-2)9-8-23-18(29)11-16-13-31-21-25-19-17(20(30)27(16)21)12-24-28(19)15-7-5-6-14(22)10-15/h5-7,10,12,16H,3-4,8-9,11,13H2,1-2H3,(H,23,29). The largest absolute Gasteiger partial charge is 0.355 e. The van der Waals surface area contributed by atoms with E-state index in [9.17, 15) is 9.59 Å². The number of nitrogens with zero attached hydrogens (tertiary/aromatic N) is 5. The topological polar surface area (TPSA) is 85.1 Å². The van der Waals surface area contributed by atoms with Crippen molar-refractivity contribution in [2.24, 2.45) is 0 Å². The number of rotatable bonds is 8. The van der Waals surface area contributed by atoms with Crippen LogP contribution in [0.2, 0.25) is 5.02 Å². The molecule has 4 rings (SSSR count). The third-order valence-electron chi connectivity index (χ3n) is 5.49. The summed E-state index contributed by atoms with van der Waals surface area (Å²) in [5.74, 6) is 0.593. The summed E-state index contributed by atoms with van der Waals surface area (Å²) in [5, 5.41) is 8.95. The number of likely N-dealkylation sites (N-methyl/N-ethyl adjacent to an activating group) is 1. The van der Waals surface area contributed by atoms with Crippen LogP contribution in [0.15, 0.2) is 40.4 Å². The van der Waals surface area contributed by atoms with E-state index in [1.807, 2.05) is 12.1 Å². The SMILES string of the molecule is CCN(CC)CCNC(=O)CC1CSc2nc3c(cnn3-c3cccc(Cl)c3)c(=O)n21. The molecule has 31 heavy (non-hydrogen) atoms. The summed E-state index contributed by atoms with van der Waals surface area (Å²) in [6.07, 6.45) is 1.79. The zero-order chi connectivity index (χ0) is 22.0. The quantitative estimate of drug-likeness (QED) is 0.520. The Balaban J connectivity index is 1.54. The Bertz CT molecular complexity index is 1160. The summed E-state index contributed by atoms with van der Waals surface area (Å²) in [5.41, 5.74) is 1.07. The normalized spacial score (nSPS) is 15.5. The van der Waals surface area contributed by atoms with Gasteiger partial charge in [0, 0.05) is 30.3 Å². The molecule has 1 unspecified atom stereocenters. The average molecular weight is 461 g/mol. The van der Waals surface area contributed by atoms with Crippen molar-refractivity contribution in [3.05, 3.63) is 45.8 Å². The Morgan fingerprint density at radius 1 is 1.35 bits per heavy atom. The Morgan fingerprint density at radius 3 is 2.90 bits per heavy atom. The van der Waals surface area contributed by atoms with Gasteiger partial charge in [0.1, 0.15) is 5.39 Å². The number of aromatic nitrogens is 4. The third-order valence-corrected chi connectivity index (χ3v) is 6.82. The lowest BCUT2D eigenvalue weighted by atomic mass is 10.2. The van der Waals surface area contributed by atoms with Crippen LogP contribution in [0.5, 0.6) is 0 Å². The lowest BCUT2D eigenvalue weighted by Gasteiger charge is -2.18. The zero-order valence-electron chi connectivity index (χ0n) is 17.5. The highest BCUT2D eigenvalue weighted by molar-refractivity contribution is 7.99. The molecule has 164 valence electrons. The third kappa shape index (κ3) is 4.49. The van der Waals surface area contributed by atoms with Crippen molar-refractivity contribution in [1.29, 1.82) is 0 Å². The molecule has 3 heterocycles. The summed E-state index contributed by atoms with van der Waals surface area (Å²) >= 11 is 7.59. The Kier molecular flexibility index (Phi) is 6.64. The fourth-order valence-electron chi connectivity index (χ4n) is 3.76. The maximum Gasteiger partial charge on any atom is 0.265 e. The van der Waals surface area contributed by atoms with Crippen LogP contribution in [-0.2, 0) is 4.79 Å². The maximum absolute atomic E-state index is 13.2. The van der Waals surface area contributed by atoms with Gasteiger partial charge in [-0.1, -0.05) is 43.3 Å². The van der Waals surface area contributed by atoms with Crippen molar-refractivity contribution >= 4 is 40.3 Å². The van der Waals surface area contributed by atoms with Crippen molar-refractivity contribution in [3.63, 3.8) is 0 Å². The van der Waals surface area contributed by atoms with Gasteiger partial charge in [0.2, 0.25) is 5.91 Å². The fourth-order valence-corrected chi connectivity index (χ4v) is 5.07. The minimum absolute atomic E-state index is 0.0489. The molecule has 3 aromatic rings. The van der Waals surface area contributed by atoms with Crippen molar-refractivity contribution in [2.75, 3.05) is 31.9 Å². The van der Waals surface area contributed by atoms with Gasteiger partial charge in [-0.15, -0.1) is 0 Å². The highest BCUT2D eigenvalue weighted by Crippen LogP contribution is 2.33. The second-order valence-electron chi connectivity index (χ2n) is 7.39. The lowest BCUT2D eigenvalue weighted by Crippen LogP contribution is -2.36. The number of carbonyl (C=O) groups is 1. The van der Waals surface area contributed by atoms with Gasteiger partial charge >= 0.3 is 0 Å². The van der Waals surface area contributed by atoms with Crippen molar-refractivity contribution < 1.29 is 4.79 Å². The molecule has 1 atom stereocenters. The molecule has 0 saturated heterocycles. The molecule has 0 radical (unpaired) electrons. The minimum atomic E-state index is -0.215. The van der Waals surface area contributed by atoms with Crippen LogP contribution in [0.4, 0.5) is 0 Å². The highest BCUT2D eigenvalue weighted by Gasteiger charge is 2.29. The second-order valence-corrected chi connectivity index (χ2v) is 8.81. The van der Waals surface area contributed by atoms with Gasteiger partial charge in [0.05, 0.1) is 17.9 Å². The lowest BCUT2D eigenvalue weighted by molar-refractivity contribution is -0.121. The number of benzene rings is 1. The Morgan fingerprint density at radius 2 is 2.16 bits per heavy atom. The molecular weight excluding hydrogens is 436 g/mol. The second kappa shape index (κ2) is 9.42. The molecule has 2 aromatic heterocycles. The van der Waals surface area contributed by atoms with Crippen LogP contribution >= 0.6 is 23.4 Å². The van der Waals surface area contributed by atoms with Gasteiger partial charge in [0.25, 0.3) is 5.56 Å². The monoisotopic (exact) mass is 460 g/mol. The average Bonchev–Trinajstić information content (AvgIpc) is 3.36. The molecule has 0 spiro atoms. The van der Waals surface area contributed by atoms with Crippen LogP contribution < -0.4 is 10.9 Å². The van der Waals surface area contributed by atoms with Gasteiger partial charge in [-0.25, -0.2) is 9.67 Å². The number of hydrogen-bond acceptors (Lipinski definition) is 6. The van der Waals surface area contributed by atoms with E-state index in [0.29, 0.717) is 33.5 Å². The van der Waals surface area contributed by atoms with E-state index in [4.69, 9.17) is 16.6 Å². The summed E-state index contributed by atoms with van der Waals surface area (Å²) < 4.78 is 3.26. The maximum atomic E-state index is 13.2. The first-order valence-electron chi connectivity index (χ1n) is 10.4. The number of fused-ring (bicyclic) bond motifs is 2. The fraction of sp³-hybridized carbons (Fsp3) is 0.429. The van der Waals surface area contributed by atoms with Crippen LogP contribution in [0.25, 0.3) is 16.7 Å². The first kappa shape index (κ1) is 21.9. The summed E-state index contributed by atoms with van der Waals surface area (Å²) in [4.78, 5) is 32.6. The molecule has 1 N–H and O–H groups in total. The number of hydrogen-bond donors (Lipinski definition) is 1. The summed E-state index contributed by atoms with van der Waals surface area (Å²) in [6.45, 7) is 7.54. The van der Waals surface area contributed by atoms with E-state index in [1.165, 1.54) is 18.0 Å². The molecule has 8 nitrogen and oxygen atoms in total. The smallest absolute Gasteiger partial charge is 0.265 e. The molecule has 10 heteroatoms. The van der Waals surface area contributed by atoms with E-state index in [1.54, 1.807) is 21.4 Å². The van der Waals surface area contributed by atoms with Crippen LogP contribution in [0.1, 0.15) is 26.3 Å². The molecule has 0 aliphatic carbocycles. The number of carbonyl (C=O) groups excluding carboxylic acids is 1. The number of thioether (sulfide) groups is 1. The van der Waals surface area contributed by atoms with Crippen molar-refractivity contribution in [3.8, 4) is 5.69 Å². The number of halogens is 1. The van der Waals surface area contributed by atoms with E-state index < -0.39 is 0 Å². The molecule has 0 fully saturated rings.